The standard InChI is InChI=1S/C7H14BN2OS/c1-11-8-10-6-3-2-5(4-6)7(9)12/h5-6,10H,2-4H2,1H3,(H2,9,12). The summed E-state index contributed by atoms with van der Waals surface area (Å²) in [5.74, 6) is 0.419. The number of thiocarbonyl (C=S) groups is 1. The number of hydrogen-bond acceptors (Lipinski definition) is 3. The zero-order valence-corrected chi connectivity index (χ0v) is 8.06. The van der Waals surface area contributed by atoms with Gasteiger partial charge in [-0.1, -0.05) is 12.2 Å². The van der Waals surface area contributed by atoms with Gasteiger partial charge in [-0.3, -0.25) is 0 Å². The smallest absolute Gasteiger partial charge is 0.395 e. The molecule has 0 aliphatic heterocycles. The van der Waals surface area contributed by atoms with Gasteiger partial charge in [-0.05, 0) is 25.3 Å². The predicted molar refractivity (Wildman–Crippen MR) is 53.8 cm³/mol. The summed E-state index contributed by atoms with van der Waals surface area (Å²) < 4.78 is 4.80. The molecule has 3 N–H and O–H groups in total. The second kappa shape index (κ2) is 4.79. The van der Waals surface area contributed by atoms with Gasteiger partial charge in [-0.2, -0.15) is 0 Å². The lowest BCUT2D eigenvalue weighted by atomic mass is 10.1. The van der Waals surface area contributed by atoms with Gasteiger partial charge in [0.1, 0.15) is 0 Å². The van der Waals surface area contributed by atoms with Crippen LogP contribution < -0.4 is 11.0 Å². The first-order chi connectivity index (χ1) is 5.74. The minimum Gasteiger partial charge on any atom is -0.427 e. The molecule has 1 fully saturated rings. The van der Waals surface area contributed by atoms with Crippen LogP contribution in [-0.4, -0.2) is 25.8 Å². The first kappa shape index (κ1) is 9.96. The maximum atomic E-state index is 5.55. The maximum Gasteiger partial charge on any atom is 0.395 e. The Labute approximate surface area is 79.3 Å². The Morgan fingerprint density at radius 1 is 1.67 bits per heavy atom. The van der Waals surface area contributed by atoms with Crippen molar-refractivity contribution in [1.82, 2.24) is 5.23 Å². The summed E-state index contributed by atoms with van der Waals surface area (Å²) in [5.41, 5.74) is 5.55. The van der Waals surface area contributed by atoms with E-state index in [1.807, 2.05) is 0 Å². The molecule has 2 unspecified atom stereocenters. The molecule has 2 atom stereocenters. The molecule has 0 aromatic carbocycles. The van der Waals surface area contributed by atoms with E-state index in [4.69, 9.17) is 22.6 Å². The SMILES string of the molecule is CO[B]NC1CCC(C(N)=S)C1. The first-order valence-corrected chi connectivity index (χ1v) is 4.54. The molecule has 1 aliphatic rings. The molecule has 67 valence electrons. The van der Waals surface area contributed by atoms with Crippen LogP contribution >= 0.6 is 12.2 Å². The van der Waals surface area contributed by atoms with Gasteiger partial charge in [0.2, 0.25) is 0 Å². The van der Waals surface area contributed by atoms with Gasteiger partial charge in [0, 0.05) is 13.0 Å². The third kappa shape index (κ3) is 2.73. The molecule has 1 saturated carbocycles. The highest BCUT2D eigenvalue weighted by Crippen LogP contribution is 2.25. The fraction of sp³-hybridized carbons (Fsp3) is 0.857. The molecule has 3 nitrogen and oxygen atoms in total. The molecular weight excluding hydrogens is 171 g/mol. The fourth-order valence-electron chi connectivity index (χ4n) is 1.56. The lowest BCUT2D eigenvalue weighted by Crippen LogP contribution is -2.32. The minimum absolute atomic E-state index is 0.419. The molecule has 5 heteroatoms. The molecular formula is C7H14BN2OS. The average Bonchev–Trinajstić information content (AvgIpc) is 2.48. The van der Waals surface area contributed by atoms with Crippen molar-refractivity contribution in [2.75, 3.05) is 7.11 Å². The van der Waals surface area contributed by atoms with E-state index < -0.39 is 0 Å². The van der Waals surface area contributed by atoms with E-state index in [9.17, 15) is 0 Å². The number of nitrogens with one attached hydrogen (secondary N) is 1. The Hall–Kier alpha value is -0.125. The summed E-state index contributed by atoms with van der Waals surface area (Å²) >= 11 is 4.93. The molecule has 0 aromatic heterocycles. The van der Waals surface area contributed by atoms with E-state index in [2.05, 4.69) is 5.23 Å². The van der Waals surface area contributed by atoms with Gasteiger partial charge in [0.25, 0.3) is 0 Å². The number of hydrogen-bond donors (Lipinski definition) is 2. The minimum atomic E-state index is 0.419. The van der Waals surface area contributed by atoms with E-state index in [1.165, 1.54) is 0 Å². The van der Waals surface area contributed by atoms with Crippen LogP contribution in [0.4, 0.5) is 0 Å². The summed E-state index contributed by atoms with van der Waals surface area (Å²) in [6, 6.07) is 0.483. The molecule has 1 rings (SSSR count). The molecule has 0 bridgehead atoms. The van der Waals surface area contributed by atoms with Crippen molar-refractivity contribution < 1.29 is 4.65 Å². The number of rotatable bonds is 4. The summed E-state index contributed by atoms with van der Waals surface area (Å²) in [4.78, 5) is 0.650. The van der Waals surface area contributed by atoms with Crippen molar-refractivity contribution >= 4 is 24.8 Å². The Balaban J connectivity index is 2.21. The van der Waals surface area contributed by atoms with Gasteiger partial charge < -0.3 is 15.6 Å². The topological polar surface area (TPSA) is 47.3 Å². The highest BCUT2D eigenvalue weighted by Gasteiger charge is 2.25. The van der Waals surface area contributed by atoms with Crippen LogP contribution in [0.25, 0.3) is 0 Å². The van der Waals surface area contributed by atoms with E-state index in [-0.39, 0.29) is 0 Å². The van der Waals surface area contributed by atoms with Crippen molar-refractivity contribution in [2.45, 2.75) is 25.3 Å². The van der Waals surface area contributed by atoms with Gasteiger partial charge in [-0.15, -0.1) is 0 Å². The van der Waals surface area contributed by atoms with Crippen LogP contribution in [0.5, 0.6) is 0 Å². The van der Waals surface area contributed by atoms with Gasteiger partial charge in [0.05, 0.1) is 4.99 Å². The molecule has 12 heavy (non-hydrogen) atoms. The van der Waals surface area contributed by atoms with Crippen molar-refractivity contribution in [1.29, 1.82) is 0 Å². The van der Waals surface area contributed by atoms with Crippen molar-refractivity contribution in [3.63, 3.8) is 0 Å². The van der Waals surface area contributed by atoms with Crippen LogP contribution in [-0.2, 0) is 4.65 Å². The predicted octanol–water partition coefficient (Wildman–Crippen LogP) is 0.211. The van der Waals surface area contributed by atoms with Gasteiger partial charge >= 0.3 is 7.62 Å². The molecule has 1 aliphatic carbocycles. The largest absolute Gasteiger partial charge is 0.427 e. The van der Waals surface area contributed by atoms with Crippen molar-refractivity contribution in [2.24, 2.45) is 11.7 Å². The van der Waals surface area contributed by atoms with Gasteiger partial charge in [0.15, 0.2) is 0 Å². The second-order valence-electron chi connectivity index (χ2n) is 3.13. The summed E-state index contributed by atoms with van der Waals surface area (Å²) in [6.45, 7) is 0. The molecule has 0 spiro atoms. The molecule has 0 heterocycles. The average molecular weight is 185 g/mol. The Kier molecular flexibility index (Phi) is 3.98. The summed E-state index contributed by atoms with van der Waals surface area (Å²) in [5, 5.41) is 3.15. The quantitative estimate of drug-likeness (QED) is 0.485. The highest BCUT2D eigenvalue weighted by atomic mass is 32.1. The monoisotopic (exact) mass is 185 g/mol. The summed E-state index contributed by atoms with van der Waals surface area (Å²) in [6.07, 6.45) is 3.27. The second-order valence-corrected chi connectivity index (χ2v) is 3.60. The lowest BCUT2D eigenvalue weighted by molar-refractivity contribution is 0.420. The Morgan fingerprint density at radius 3 is 2.92 bits per heavy atom. The summed E-state index contributed by atoms with van der Waals surface area (Å²) in [7, 11) is 3.25. The van der Waals surface area contributed by atoms with Crippen LogP contribution in [0.15, 0.2) is 0 Å². The maximum absolute atomic E-state index is 5.55. The lowest BCUT2D eigenvalue weighted by Gasteiger charge is -2.10. The zero-order valence-electron chi connectivity index (χ0n) is 7.25. The highest BCUT2D eigenvalue weighted by molar-refractivity contribution is 7.80. The fourth-order valence-corrected chi connectivity index (χ4v) is 1.77. The normalized spacial score (nSPS) is 28.8. The van der Waals surface area contributed by atoms with E-state index in [1.54, 1.807) is 14.7 Å². The van der Waals surface area contributed by atoms with Crippen LogP contribution in [0.1, 0.15) is 19.3 Å². The van der Waals surface area contributed by atoms with Crippen LogP contribution in [0.2, 0.25) is 0 Å². The molecule has 0 saturated heterocycles. The molecule has 0 aromatic rings. The third-order valence-electron chi connectivity index (χ3n) is 2.26. The van der Waals surface area contributed by atoms with E-state index in [0.29, 0.717) is 16.9 Å². The van der Waals surface area contributed by atoms with Crippen molar-refractivity contribution in [3.8, 4) is 0 Å². The Morgan fingerprint density at radius 2 is 2.42 bits per heavy atom. The Bertz CT molecular complexity index is 167. The molecule has 1 radical (unpaired) electrons. The first-order valence-electron chi connectivity index (χ1n) is 4.14. The van der Waals surface area contributed by atoms with Crippen LogP contribution in [0.3, 0.4) is 0 Å². The van der Waals surface area contributed by atoms with E-state index >= 15 is 0 Å². The van der Waals surface area contributed by atoms with Crippen molar-refractivity contribution in [3.05, 3.63) is 0 Å². The van der Waals surface area contributed by atoms with E-state index in [0.717, 1.165) is 19.3 Å². The van der Waals surface area contributed by atoms with Gasteiger partial charge in [-0.25, -0.2) is 0 Å². The number of nitrogens with two attached hydrogens (primary N) is 1. The van der Waals surface area contributed by atoms with Crippen LogP contribution in [0, 0.1) is 5.92 Å². The molecule has 0 amide bonds. The zero-order chi connectivity index (χ0) is 8.97. The third-order valence-corrected chi connectivity index (χ3v) is 2.59.